The van der Waals surface area contributed by atoms with Crippen molar-refractivity contribution in [3.63, 3.8) is 0 Å². The molecule has 2 aromatic heterocycles. The van der Waals surface area contributed by atoms with Crippen LogP contribution in [0.15, 0.2) is 64.1 Å². The van der Waals surface area contributed by atoms with E-state index in [4.69, 9.17) is 27.6 Å². The molecule has 2 N–H and O–H groups in total. The molecule has 4 rings (SSSR count). The Kier molecular flexibility index (Phi) is 4.17. The molecule has 0 saturated carbocycles. The second-order valence-electron chi connectivity index (χ2n) is 5.30. The Morgan fingerprint density at radius 1 is 1.08 bits per heavy atom. The Labute approximate surface area is 153 Å². The molecule has 0 aliphatic rings. The maximum atomic E-state index is 6.19. The van der Waals surface area contributed by atoms with Crippen molar-refractivity contribution in [1.29, 1.82) is 0 Å². The summed E-state index contributed by atoms with van der Waals surface area (Å²) in [6, 6.07) is 16.7. The number of aromatic amines is 1. The smallest absolute Gasteiger partial charge is 0.222 e. The number of hydrazone groups is 1. The molecule has 2 aromatic carbocycles. The van der Waals surface area contributed by atoms with Crippen LogP contribution in [0.25, 0.3) is 22.4 Å². The quantitative estimate of drug-likeness (QED) is 0.364. The molecule has 25 heavy (non-hydrogen) atoms. The van der Waals surface area contributed by atoms with Crippen LogP contribution in [-0.4, -0.2) is 16.2 Å². The molecule has 124 valence electrons. The van der Waals surface area contributed by atoms with Crippen molar-refractivity contribution in [2.24, 2.45) is 5.10 Å². The summed E-state index contributed by atoms with van der Waals surface area (Å²) in [4.78, 5) is 7.50. The van der Waals surface area contributed by atoms with Gasteiger partial charge in [-0.3, -0.25) is 0 Å². The van der Waals surface area contributed by atoms with E-state index in [1.165, 1.54) is 0 Å². The molecule has 0 bridgehead atoms. The van der Waals surface area contributed by atoms with Crippen LogP contribution in [0.2, 0.25) is 10.0 Å². The van der Waals surface area contributed by atoms with Gasteiger partial charge in [0.25, 0.3) is 0 Å². The number of halogens is 2. The molecule has 0 aliphatic heterocycles. The van der Waals surface area contributed by atoms with Gasteiger partial charge in [0.1, 0.15) is 11.5 Å². The molecule has 0 aliphatic carbocycles. The largest absolute Gasteiger partial charge is 0.455 e. The number of anilines is 1. The lowest BCUT2D eigenvalue weighted by Gasteiger charge is -2.00. The molecule has 0 amide bonds. The van der Waals surface area contributed by atoms with E-state index >= 15 is 0 Å². The minimum Gasteiger partial charge on any atom is -0.455 e. The van der Waals surface area contributed by atoms with Crippen LogP contribution in [0.4, 0.5) is 5.95 Å². The summed E-state index contributed by atoms with van der Waals surface area (Å²) >= 11 is 12.1. The zero-order valence-electron chi connectivity index (χ0n) is 12.8. The van der Waals surface area contributed by atoms with Crippen LogP contribution in [0.1, 0.15) is 5.76 Å². The fraction of sp³-hybridized carbons (Fsp3) is 0. The molecule has 0 spiro atoms. The summed E-state index contributed by atoms with van der Waals surface area (Å²) in [6.07, 6.45) is 1.57. The number of hydrogen-bond acceptors (Lipinski definition) is 4. The Morgan fingerprint density at radius 3 is 2.80 bits per heavy atom. The van der Waals surface area contributed by atoms with Crippen LogP contribution in [0.5, 0.6) is 0 Å². The standard InChI is InChI=1S/C18H12Cl2N4O/c19-11-5-7-13(14(20)9-11)17-8-6-12(25-17)10-21-24-18-22-15-3-1-2-4-16(15)23-18/h1-10H,(H2,22,23,24)/b21-10-. The molecule has 0 saturated heterocycles. The van der Waals surface area contributed by atoms with Crippen molar-refractivity contribution >= 4 is 46.4 Å². The topological polar surface area (TPSA) is 66.2 Å². The number of rotatable bonds is 4. The lowest BCUT2D eigenvalue weighted by atomic mass is 10.2. The summed E-state index contributed by atoms with van der Waals surface area (Å²) in [7, 11) is 0. The van der Waals surface area contributed by atoms with Crippen LogP contribution in [0, 0.1) is 0 Å². The molecule has 2 heterocycles. The predicted octanol–water partition coefficient (Wildman–Crippen LogP) is 5.58. The fourth-order valence-corrected chi connectivity index (χ4v) is 2.92. The number of nitrogens with zero attached hydrogens (tertiary/aromatic N) is 2. The number of hydrogen-bond donors (Lipinski definition) is 2. The van der Waals surface area contributed by atoms with E-state index in [9.17, 15) is 0 Å². The van der Waals surface area contributed by atoms with Gasteiger partial charge in [0.2, 0.25) is 5.95 Å². The van der Waals surface area contributed by atoms with Crippen LogP contribution >= 0.6 is 23.2 Å². The van der Waals surface area contributed by atoms with E-state index in [0.29, 0.717) is 27.5 Å². The number of fused-ring (bicyclic) bond motifs is 1. The van der Waals surface area contributed by atoms with E-state index in [1.54, 1.807) is 18.3 Å². The predicted molar refractivity (Wildman–Crippen MR) is 101 cm³/mol. The maximum Gasteiger partial charge on any atom is 0.222 e. The monoisotopic (exact) mass is 370 g/mol. The number of nitrogens with one attached hydrogen (secondary N) is 2. The van der Waals surface area contributed by atoms with E-state index in [1.807, 2.05) is 42.5 Å². The Morgan fingerprint density at radius 2 is 1.96 bits per heavy atom. The van der Waals surface area contributed by atoms with E-state index in [2.05, 4.69) is 20.5 Å². The van der Waals surface area contributed by atoms with Crippen LogP contribution < -0.4 is 5.43 Å². The van der Waals surface area contributed by atoms with E-state index in [-0.39, 0.29) is 0 Å². The first-order valence-electron chi connectivity index (χ1n) is 7.48. The molecule has 0 unspecified atom stereocenters. The normalized spacial score (nSPS) is 11.4. The SMILES string of the molecule is Clc1ccc(-c2ccc(/C=N\Nc3nc4ccccc4[nH]3)o2)c(Cl)c1. The third-order valence-electron chi connectivity index (χ3n) is 3.57. The van der Waals surface area contributed by atoms with Gasteiger partial charge in [-0.05, 0) is 42.5 Å². The number of furan rings is 1. The third-order valence-corrected chi connectivity index (χ3v) is 4.12. The van der Waals surface area contributed by atoms with E-state index in [0.717, 1.165) is 16.6 Å². The van der Waals surface area contributed by atoms with Crippen LogP contribution in [-0.2, 0) is 0 Å². The van der Waals surface area contributed by atoms with Crippen molar-refractivity contribution in [3.05, 3.63) is 70.4 Å². The zero-order valence-corrected chi connectivity index (χ0v) is 14.3. The summed E-state index contributed by atoms with van der Waals surface area (Å²) in [5.74, 6) is 1.79. The van der Waals surface area contributed by atoms with Crippen molar-refractivity contribution in [3.8, 4) is 11.3 Å². The number of para-hydroxylation sites is 2. The summed E-state index contributed by atoms with van der Waals surface area (Å²) in [6.45, 7) is 0. The number of aromatic nitrogens is 2. The fourth-order valence-electron chi connectivity index (χ4n) is 2.42. The van der Waals surface area contributed by atoms with Gasteiger partial charge in [0.15, 0.2) is 0 Å². The number of H-pyrrole nitrogens is 1. The number of benzene rings is 2. The molecule has 0 radical (unpaired) electrons. The average molecular weight is 371 g/mol. The second-order valence-corrected chi connectivity index (χ2v) is 6.14. The minimum atomic E-state index is 0.533. The van der Waals surface area contributed by atoms with Crippen molar-refractivity contribution < 1.29 is 4.42 Å². The van der Waals surface area contributed by atoms with Gasteiger partial charge in [-0.1, -0.05) is 35.3 Å². The Bertz CT molecular complexity index is 1030. The highest BCUT2D eigenvalue weighted by Gasteiger charge is 2.08. The molecule has 7 heteroatoms. The third kappa shape index (κ3) is 3.38. The van der Waals surface area contributed by atoms with Gasteiger partial charge >= 0.3 is 0 Å². The maximum absolute atomic E-state index is 6.19. The first-order chi connectivity index (χ1) is 12.2. The molecular weight excluding hydrogens is 359 g/mol. The van der Waals surface area contributed by atoms with Crippen LogP contribution in [0.3, 0.4) is 0 Å². The molecule has 0 atom stereocenters. The van der Waals surface area contributed by atoms with Gasteiger partial charge in [-0.15, -0.1) is 0 Å². The van der Waals surface area contributed by atoms with Gasteiger partial charge in [0, 0.05) is 10.6 Å². The summed E-state index contributed by atoms with van der Waals surface area (Å²) in [5.41, 5.74) is 5.44. The summed E-state index contributed by atoms with van der Waals surface area (Å²) in [5, 5.41) is 5.25. The average Bonchev–Trinajstić information content (AvgIpc) is 3.21. The lowest BCUT2D eigenvalue weighted by molar-refractivity contribution is 0.575. The molecule has 0 fully saturated rings. The molecule has 4 aromatic rings. The lowest BCUT2D eigenvalue weighted by Crippen LogP contribution is -1.91. The van der Waals surface area contributed by atoms with Crippen molar-refractivity contribution in [1.82, 2.24) is 9.97 Å². The first-order valence-corrected chi connectivity index (χ1v) is 8.24. The zero-order chi connectivity index (χ0) is 17.2. The molecular formula is C18H12Cl2N4O. The van der Waals surface area contributed by atoms with Gasteiger partial charge in [0.05, 0.1) is 22.3 Å². The van der Waals surface area contributed by atoms with Gasteiger partial charge in [-0.25, -0.2) is 10.4 Å². The minimum absolute atomic E-state index is 0.533. The van der Waals surface area contributed by atoms with Crippen molar-refractivity contribution in [2.45, 2.75) is 0 Å². The van der Waals surface area contributed by atoms with Gasteiger partial charge in [-0.2, -0.15) is 5.10 Å². The Hall–Kier alpha value is -2.76. The van der Waals surface area contributed by atoms with E-state index < -0.39 is 0 Å². The second kappa shape index (κ2) is 6.63. The first kappa shape index (κ1) is 15.7. The van der Waals surface area contributed by atoms with Crippen molar-refractivity contribution in [2.75, 3.05) is 5.43 Å². The Balaban J connectivity index is 1.49. The summed E-state index contributed by atoms with van der Waals surface area (Å²) < 4.78 is 5.74. The van der Waals surface area contributed by atoms with Gasteiger partial charge < -0.3 is 9.40 Å². The highest BCUT2D eigenvalue weighted by Crippen LogP contribution is 2.31. The molecule has 5 nitrogen and oxygen atoms in total. The highest BCUT2D eigenvalue weighted by atomic mass is 35.5. The highest BCUT2D eigenvalue weighted by molar-refractivity contribution is 6.36. The number of imidazole rings is 1.